The van der Waals surface area contributed by atoms with Crippen molar-refractivity contribution in [3.63, 3.8) is 0 Å². The van der Waals surface area contributed by atoms with Crippen molar-refractivity contribution in [1.82, 2.24) is 4.98 Å². The normalized spacial score (nSPS) is 9.50. The van der Waals surface area contributed by atoms with E-state index in [1.807, 2.05) is 0 Å². The van der Waals surface area contributed by atoms with Crippen molar-refractivity contribution in [2.75, 3.05) is 11.9 Å². The van der Waals surface area contributed by atoms with Crippen LogP contribution < -0.4 is 5.32 Å². The molecular formula is C8H8Cl2N2. The molecule has 0 atom stereocenters. The van der Waals surface area contributed by atoms with Crippen molar-refractivity contribution in [3.8, 4) is 0 Å². The molecule has 0 aliphatic rings. The van der Waals surface area contributed by atoms with Gasteiger partial charge in [-0.05, 0) is 6.07 Å². The molecule has 0 saturated carbocycles. The molecule has 12 heavy (non-hydrogen) atoms. The van der Waals surface area contributed by atoms with Crippen LogP contribution in [0.25, 0.3) is 0 Å². The molecule has 0 amide bonds. The van der Waals surface area contributed by atoms with E-state index in [2.05, 4.69) is 16.9 Å². The number of hydrogen-bond donors (Lipinski definition) is 1. The van der Waals surface area contributed by atoms with E-state index in [0.29, 0.717) is 16.7 Å². The number of anilines is 1. The molecule has 0 unspecified atom stereocenters. The van der Waals surface area contributed by atoms with Crippen molar-refractivity contribution in [3.05, 3.63) is 35.1 Å². The minimum absolute atomic E-state index is 0.320. The van der Waals surface area contributed by atoms with Gasteiger partial charge in [-0.3, -0.25) is 0 Å². The van der Waals surface area contributed by atoms with Crippen molar-refractivity contribution in [2.24, 2.45) is 0 Å². The average Bonchev–Trinajstić information content (AvgIpc) is 2.07. The summed E-state index contributed by atoms with van der Waals surface area (Å²) in [5.74, 6) is 0. The quantitative estimate of drug-likeness (QED) is 0.603. The molecule has 0 aliphatic heterocycles. The Kier molecular flexibility index (Phi) is 3.38. The molecule has 0 fully saturated rings. The highest BCUT2D eigenvalue weighted by Crippen LogP contribution is 2.21. The molecule has 1 aromatic heterocycles. The van der Waals surface area contributed by atoms with Gasteiger partial charge in [0.1, 0.15) is 5.15 Å². The molecule has 0 aliphatic carbocycles. The molecule has 2 nitrogen and oxygen atoms in total. The zero-order chi connectivity index (χ0) is 8.97. The first-order valence-corrected chi connectivity index (χ1v) is 4.15. The van der Waals surface area contributed by atoms with Crippen LogP contribution in [0.4, 0.5) is 5.69 Å². The Morgan fingerprint density at radius 2 is 2.33 bits per heavy atom. The van der Waals surface area contributed by atoms with Crippen molar-refractivity contribution >= 4 is 28.9 Å². The van der Waals surface area contributed by atoms with Gasteiger partial charge in [0.2, 0.25) is 0 Å². The number of rotatable bonds is 3. The van der Waals surface area contributed by atoms with E-state index >= 15 is 0 Å². The zero-order valence-electron chi connectivity index (χ0n) is 6.35. The number of nitrogens with zero attached hydrogens (tertiary/aromatic N) is 1. The second-order valence-corrected chi connectivity index (χ2v) is 2.93. The number of aromatic nitrogens is 1. The fraction of sp³-hybridized carbons (Fsp3) is 0.125. The first-order valence-electron chi connectivity index (χ1n) is 3.40. The van der Waals surface area contributed by atoms with Crippen LogP contribution in [-0.2, 0) is 0 Å². The van der Waals surface area contributed by atoms with Gasteiger partial charge < -0.3 is 5.32 Å². The molecule has 0 saturated heterocycles. The smallest absolute Gasteiger partial charge is 0.147 e. The van der Waals surface area contributed by atoms with Gasteiger partial charge in [-0.2, -0.15) is 0 Å². The summed E-state index contributed by atoms with van der Waals surface area (Å²) < 4.78 is 0. The standard InChI is InChI=1S/C8H8Cl2N2/c1-2-3-11-6-4-7(9)8(10)12-5-6/h2,4-5,11H,1,3H2. The fourth-order valence-electron chi connectivity index (χ4n) is 0.708. The molecule has 4 heteroatoms. The molecule has 1 N–H and O–H groups in total. The largest absolute Gasteiger partial charge is 0.380 e. The van der Waals surface area contributed by atoms with E-state index in [0.717, 1.165) is 5.69 Å². The average molecular weight is 203 g/mol. The Labute approximate surface area is 81.2 Å². The maximum atomic E-state index is 5.73. The molecule has 0 radical (unpaired) electrons. The molecule has 1 heterocycles. The number of pyridine rings is 1. The third-order valence-electron chi connectivity index (χ3n) is 1.25. The van der Waals surface area contributed by atoms with E-state index in [1.165, 1.54) is 0 Å². The summed E-state index contributed by atoms with van der Waals surface area (Å²) in [4.78, 5) is 3.87. The van der Waals surface area contributed by atoms with Gasteiger partial charge in [0.15, 0.2) is 0 Å². The van der Waals surface area contributed by atoms with Crippen molar-refractivity contribution in [2.45, 2.75) is 0 Å². The lowest BCUT2D eigenvalue weighted by Crippen LogP contribution is -1.97. The zero-order valence-corrected chi connectivity index (χ0v) is 7.86. The van der Waals surface area contributed by atoms with E-state index in [4.69, 9.17) is 23.2 Å². The monoisotopic (exact) mass is 202 g/mol. The fourth-order valence-corrected chi connectivity index (χ4v) is 0.978. The van der Waals surface area contributed by atoms with Crippen LogP contribution in [0.1, 0.15) is 0 Å². The van der Waals surface area contributed by atoms with Crippen molar-refractivity contribution in [1.29, 1.82) is 0 Å². The Bertz CT molecular complexity index is 286. The summed E-state index contributed by atoms with van der Waals surface area (Å²) >= 11 is 11.4. The first kappa shape index (κ1) is 9.36. The van der Waals surface area contributed by atoms with Crippen LogP contribution in [0.3, 0.4) is 0 Å². The minimum atomic E-state index is 0.320. The van der Waals surface area contributed by atoms with E-state index in [1.54, 1.807) is 18.3 Å². The molecule has 1 aromatic rings. The highest BCUT2D eigenvalue weighted by Gasteiger charge is 1.98. The number of hydrogen-bond acceptors (Lipinski definition) is 2. The Morgan fingerprint density at radius 3 is 2.92 bits per heavy atom. The summed E-state index contributed by atoms with van der Waals surface area (Å²) in [6.07, 6.45) is 3.38. The highest BCUT2D eigenvalue weighted by atomic mass is 35.5. The van der Waals surface area contributed by atoms with Crippen LogP contribution in [0, 0.1) is 0 Å². The Balaban J connectivity index is 2.75. The van der Waals surface area contributed by atoms with Gasteiger partial charge in [0.05, 0.1) is 16.9 Å². The minimum Gasteiger partial charge on any atom is -0.380 e. The van der Waals surface area contributed by atoms with Gasteiger partial charge >= 0.3 is 0 Å². The third-order valence-corrected chi connectivity index (χ3v) is 1.93. The maximum Gasteiger partial charge on any atom is 0.147 e. The van der Waals surface area contributed by atoms with Crippen LogP contribution in [0.5, 0.6) is 0 Å². The lowest BCUT2D eigenvalue weighted by atomic mass is 10.4. The lowest BCUT2D eigenvalue weighted by Gasteiger charge is -2.02. The number of halogens is 2. The summed E-state index contributed by atoms with van der Waals surface area (Å²) in [6, 6.07) is 1.72. The highest BCUT2D eigenvalue weighted by molar-refractivity contribution is 6.41. The van der Waals surface area contributed by atoms with Gasteiger partial charge in [0, 0.05) is 6.54 Å². The van der Waals surface area contributed by atoms with E-state index < -0.39 is 0 Å². The van der Waals surface area contributed by atoms with Crippen LogP contribution in [-0.4, -0.2) is 11.5 Å². The second-order valence-electron chi connectivity index (χ2n) is 2.17. The molecule has 0 aromatic carbocycles. The Hall–Kier alpha value is -0.730. The maximum absolute atomic E-state index is 5.73. The van der Waals surface area contributed by atoms with Crippen LogP contribution in [0.2, 0.25) is 10.2 Å². The summed E-state index contributed by atoms with van der Waals surface area (Å²) in [6.45, 7) is 4.25. The van der Waals surface area contributed by atoms with Crippen molar-refractivity contribution < 1.29 is 0 Å². The van der Waals surface area contributed by atoms with Crippen LogP contribution in [0.15, 0.2) is 24.9 Å². The predicted octanol–water partition coefficient (Wildman–Crippen LogP) is 2.99. The van der Waals surface area contributed by atoms with Gasteiger partial charge in [-0.25, -0.2) is 4.98 Å². The first-order chi connectivity index (χ1) is 5.74. The second kappa shape index (κ2) is 4.33. The van der Waals surface area contributed by atoms with Gasteiger partial charge in [-0.1, -0.05) is 29.3 Å². The number of nitrogens with one attached hydrogen (secondary N) is 1. The lowest BCUT2D eigenvalue weighted by molar-refractivity contribution is 1.27. The Morgan fingerprint density at radius 1 is 1.58 bits per heavy atom. The molecule has 1 rings (SSSR count). The molecule has 0 bridgehead atoms. The topological polar surface area (TPSA) is 24.9 Å². The van der Waals surface area contributed by atoms with E-state index in [-0.39, 0.29) is 0 Å². The molecule has 64 valence electrons. The van der Waals surface area contributed by atoms with Crippen LogP contribution >= 0.6 is 23.2 Å². The SMILES string of the molecule is C=CCNc1cnc(Cl)c(Cl)c1. The third kappa shape index (κ3) is 2.40. The summed E-state index contributed by atoms with van der Waals surface area (Å²) in [7, 11) is 0. The molecular weight excluding hydrogens is 195 g/mol. The summed E-state index contributed by atoms with van der Waals surface area (Å²) in [5.41, 5.74) is 0.837. The van der Waals surface area contributed by atoms with Gasteiger partial charge in [0.25, 0.3) is 0 Å². The summed E-state index contributed by atoms with van der Waals surface area (Å²) in [5, 5.41) is 3.81. The predicted molar refractivity (Wildman–Crippen MR) is 52.9 cm³/mol. The molecule has 0 spiro atoms. The van der Waals surface area contributed by atoms with E-state index in [9.17, 15) is 0 Å². The van der Waals surface area contributed by atoms with Gasteiger partial charge in [-0.15, -0.1) is 6.58 Å².